The Morgan fingerprint density at radius 2 is 1.88 bits per heavy atom. The molecule has 0 radical (unpaired) electrons. The van der Waals surface area contributed by atoms with E-state index in [1.807, 2.05) is 6.92 Å². The molecule has 6 heteroatoms. The van der Waals surface area contributed by atoms with Crippen molar-refractivity contribution >= 4 is 16.0 Å². The molecule has 1 aromatic rings. The fourth-order valence-electron chi connectivity index (χ4n) is 1.09. The van der Waals surface area contributed by atoms with Crippen molar-refractivity contribution in [3.8, 4) is 0 Å². The maximum atomic E-state index is 11.6. The van der Waals surface area contributed by atoms with Gasteiger partial charge in [0.2, 0.25) is 10.0 Å². The first-order valence-electron chi connectivity index (χ1n) is 4.70. The van der Waals surface area contributed by atoms with E-state index in [9.17, 15) is 13.2 Å². The van der Waals surface area contributed by atoms with Crippen LogP contribution in [-0.4, -0.2) is 26.0 Å². The number of carboxylic acid groups (broad SMARTS) is 1. The van der Waals surface area contributed by atoms with Crippen LogP contribution in [0, 0.1) is 6.92 Å². The van der Waals surface area contributed by atoms with Gasteiger partial charge in [0, 0.05) is 6.54 Å². The molecule has 0 saturated heterocycles. The zero-order valence-corrected chi connectivity index (χ0v) is 9.62. The zero-order chi connectivity index (χ0) is 12.2. The molecule has 0 unspecified atom stereocenters. The third kappa shape index (κ3) is 3.63. The lowest BCUT2D eigenvalue weighted by atomic mass is 10.2. The van der Waals surface area contributed by atoms with E-state index in [0.29, 0.717) is 0 Å². The number of hydrogen-bond donors (Lipinski definition) is 2. The molecule has 0 aliphatic rings. The quantitative estimate of drug-likeness (QED) is 0.799. The number of rotatable bonds is 5. The average molecular weight is 243 g/mol. The van der Waals surface area contributed by atoms with E-state index in [1.54, 1.807) is 12.1 Å². The van der Waals surface area contributed by atoms with Gasteiger partial charge in [-0.1, -0.05) is 17.7 Å². The standard InChI is InChI=1S/C10H13NO4S/c1-8-2-4-9(5-3-8)16(14,15)11-7-6-10(12)13/h2-5,11H,6-7H2,1H3,(H,12,13). The fraction of sp³-hybridized carbons (Fsp3) is 0.300. The average Bonchev–Trinajstić information content (AvgIpc) is 2.17. The summed E-state index contributed by atoms with van der Waals surface area (Å²) in [5, 5.41) is 8.38. The number of benzene rings is 1. The van der Waals surface area contributed by atoms with E-state index in [2.05, 4.69) is 4.72 Å². The lowest BCUT2D eigenvalue weighted by Crippen LogP contribution is -2.26. The summed E-state index contributed by atoms with van der Waals surface area (Å²) >= 11 is 0. The largest absolute Gasteiger partial charge is 0.481 e. The molecule has 0 bridgehead atoms. The highest BCUT2D eigenvalue weighted by Crippen LogP contribution is 2.09. The molecular formula is C10H13NO4S. The van der Waals surface area contributed by atoms with Crippen molar-refractivity contribution in [1.29, 1.82) is 0 Å². The van der Waals surface area contributed by atoms with Crippen LogP contribution in [0.2, 0.25) is 0 Å². The highest BCUT2D eigenvalue weighted by atomic mass is 32.2. The maximum absolute atomic E-state index is 11.6. The number of hydrogen-bond acceptors (Lipinski definition) is 3. The number of sulfonamides is 1. The van der Waals surface area contributed by atoms with Crippen LogP contribution in [0.25, 0.3) is 0 Å². The van der Waals surface area contributed by atoms with Gasteiger partial charge in [-0.15, -0.1) is 0 Å². The van der Waals surface area contributed by atoms with Crippen molar-refractivity contribution in [2.24, 2.45) is 0 Å². The molecule has 0 saturated carbocycles. The first kappa shape index (κ1) is 12.7. The molecule has 0 aromatic heterocycles. The Labute approximate surface area is 94.2 Å². The molecule has 0 fully saturated rings. The molecule has 0 aliphatic heterocycles. The highest BCUT2D eigenvalue weighted by molar-refractivity contribution is 7.89. The van der Waals surface area contributed by atoms with Crippen molar-refractivity contribution in [3.05, 3.63) is 29.8 Å². The second kappa shape index (κ2) is 5.09. The molecule has 0 amide bonds. The predicted molar refractivity (Wildman–Crippen MR) is 58.6 cm³/mol. The molecule has 0 spiro atoms. The van der Waals surface area contributed by atoms with Crippen LogP contribution in [0.5, 0.6) is 0 Å². The van der Waals surface area contributed by atoms with Crippen LogP contribution in [0.15, 0.2) is 29.2 Å². The molecule has 5 nitrogen and oxygen atoms in total. The van der Waals surface area contributed by atoms with Gasteiger partial charge in [-0.3, -0.25) is 4.79 Å². The third-order valence-electron chi connectivity index (χ3n) is 1.96. The van der Waals surface area contributed by atoms with Gasteiger partial charge in [0.15, 0.2) is 0 Å². The van der Waals surface area contributed by atoms with E-state index in [0.717, 1.165) is 5.56 Å². The van der Waals surface area contributed by atoms with Gasteiger partial charge in [-0.2, -0.15) is 0 Å². The van der Waals surface area contributed by atoms with E-state index in [4.69, 9.17) is 5.11 Å². The van der Waals surface area contributed by atoms with Crippen LogP contribution < -0.4 is 4.72 Å². The van der Waals surface area contributed by atoms with Crippen molar-refractivity contribution in [2.75, 3.05) is 6.54 Å². The van der Waals surface area contributed by atoms with Gasteiger partial charge >= 0.3 is 5.97 Å². The number of aliphatic carboxylic acids is 1. The van der Waals surface area contributed by atoms with Crippen molar-refractivity contribution < 1.29 is 18.3 Å². The minimum absolute atomic E-state index is 0.106. The summed E-state index contributed by atoms with van der Waals surface area (Å²) in [6.45, 7) is 1.75. The number of aryl methyl sites for hydroxylation is 1. The minimum Gasteiger partial charge on any atom is -0.481 e. The molecule has 1 aromatic carbocycles. The van der Waals surface area contributed by atoms with E-state index in [-0.39, 0.29) is 17.9 Å². The Balaban J connectivity index is 2.71. The minimum atomic E-state index is -3.59. The molecule has 2 N–H and O–H groups in total. The lowest BCUT2D eigenvalue weighted by Gasteiger charge is -2.05. The molecule has 1 rings (SSSR count). The SMILES string of the molecule is Cc1ccc(S(=O)(=O)NCCC(=O)O)cc1. The Hall–Kier alpha value is -1.40. The Bertz CT molecular complexity index is 464. The lowest BCUT2D eigenvalue weighted by molar-refractivity contribution is -0.136. The van der Waals surface area contributed by atoms with Crippen LogP contribution in [-0.2, 0) is 14.8 Å². The predicted octanol–water partition coefficient (Wildman–Crippen LogP) is 0.748. The topological polar surface area (TPSA) is 83.5 Å². The molecule has 0 aliphatic carbocycles. The summed E-state index contributed by atoms with van der Waals surface area (Å²) < 4.78 is 25.5. The third-order valence-corrected chi connectivity index (χ3v) is 3.44. The second-order valence-corrected chi connectivity index (χ2v) is 5.12. The van der Waals surface area contributed by atoms with E-state index < -0.39 is 16.0 Å². The molecule has 0 heterocycles. The summed E-state index contributed by atoms with van der Waals surface area (Å²) in [6, 6.07) is 6.34. The van der Waals surface area contributed by atoms with Crippen molar-refractivity contribution in [2.45, 2.75) is 18.2 Å². The summed E-state index contributed by atoms with van der Waals surface area (Å²) in [7, 11) is -3.59. The first-order valence-corrected chi connectivity index (χ1v) is 6.18. The summed E-state index contributed by atoms with van der Waals surface area (Å²) in [5.74, 6) is -1.04. The van der Waals surface area contributed by atoms with Gasteiger partial charge in [0.1, 0.15) is 0 Å². The van der Waals surface area contributed by atoms with Crippen LogP contribution in [0.3, 0.4) is 0 Å². The summed E-state index contributed by atoms with van der Waals surface area (Å²) in [5.41, 5.74) is 0.962. The van der Waals surface area contributed by atoms with Crippen LogP contribution in [0.4, 0.5) is 0 Å². The Morgan fingerprint density at radius 3 is 2.38 bits per heavy atom. The van der Waals surface area contributed by atoms with Crippen LogP contribution in [0.1, 0.15) is 12.0 Å². The molecule has 0 atom stereocenters. The Morgan fingerprint density at radius 1 is 1.31 bits per heavy atom. The monoisotopic (exact) mass is 243 g/mol. The van der Waals surface area contributed by atoms with Gasteiger partial charge in [0.25, 0.3) is 0 Å². The van der Waals surface area contributed by atoms with Crippen LogP contribution >= 0.6 is 0 Å². The molecule has 16 heavy (non-hydrogen) atoms. The normalized spacial score (nSPS) is 11.3. The maximum Gasteiger partial charge on any atom is 0.304 e. The Kier molecular flexibility index (Phi) is 4.03. The first-order chi connectivity index (χ1) is 7.42. The number of carboxylic acids is 1. The smallest absolute Gasteiger partial charge is 0.304 e. The fourth-order valence-corrected chi connectivity index (χ4v) is 2.12. The molecule has 88 valence electrons. The van der Waals surface area contributed by atoms with Gasteiger partial charge in [-0.25, -0.2) is 13.1 Å². The summed E-state index contributed by atoms with van der Waals surface area (Å²) in [6.07, 6.45) is -0.231. The van der Waals surface area contributed by atoms with Crippen molar-refractivity contribution in [1.82, 2.24) is 4.72 Å². The number of nitrogens with one attached hydrogen (secondary N) is 1. The van der Waals surface area contributed by atoms with E-state index >= 15 is 0 Å². The van der Waals surface area contributed by atoms with E-state index in [1.165, 1.54) is 12.1 Å². The van der Waals surface area contributed by atoms with Crippen molar-refractivity contribution in [3.63, 3.8) is 0 Å². The van der Waals surface area contributed by atoms with Gasteiger partial charge in [0.05, 0.1) is 11.3 Å². The number of carbonyl (C=O) groups is 1. The second-order valence-electron chi connectivity index (χ2n) is 3.35. The summed E-state index contributed by atoms with van der Waals surface area (Å²) in [4.78, 5) is 10.4. The highest BCUT2D eigenvalue weighted by Gasteiger charge is 2.13. The molecular weight excluding hydrogens is 230 g/mol. The zero-order valence-electron chi connectivity index (χ0n) is 8.80. The van der Waals surface area contributed by atoms with Gasteiger partial charge in [-0.05, 0) is 19.1 Å². The van der Waals surface area contributed by atoms with Gasteiger partial charge < -0.3 is 5.11 Å².